The SMILES string of the molecule is CC1CC(N)CCN1CC(=O)N(CC#N)c1ccccc1. The highest BCUT2D eigenvalue weighted by Crippen LogP contribution is 2.18. The summed E-state index contributed by atoms with van der Waals surface area (Å²) in [6.07, 6.45) is 1.83. The van der Waals surface area contributed by atoms with Crippen molar-refractivity contribution in [1.82, 2.24) is 4.90 Å². The zero-order valence-corrected chi connectivity index (χ0v) is 12.4. The normalized spacial score (nSPS) is 22.5. The Morgan fingerprint density at radius 2 is 2.19 bits per heavy atom. The Balaban J connectivity index is 2.04. The van der Waals surface area contributed by atoms with Gasteiger partial charge < -0.3 is 5.73 Å². The molecule has 0 aliphatic carbocycles. The molecule has 2 N–H and O–H groups in total. The zero-order valence-electron chi connectivity index (χ0n) is 12.4. The molecule has 1 aromatic carbocycles. The van der Waals surface area contributed by atoms with Crippen molar-refractivity contribution in [3.05, 3.63) is 30.3 Å². The Labute approximate surface area is 125 Å². The van der Waals surface area contributed by atoms with Gasteiger partial charge in [0, 0.05) is 24.3 Å². The molecule has 1 aromatic rings. The van der Waals surface area contributed by atoms with Crippen molar-refractivity contribution >= 4 is 11.6 Å². The van der Waals surface area contributed by atoms with E-state index in [1.807, 2.05) is 30.3 Å². The lowest BCUT2D eigenvalue weighted by molar-refractivity contribution is -0.120. The largest absolute Gasteiger partial charge is 0.328 e. The number of benzene rings is 1. The van der Waals surface area contributed by atoms with E-state index in [-0.39, 0.29) is 18.5 Å². The lowest BCUT2D eigenvalue weighted by Gasteiger charge is -2.36. The van der Waals surface area contributed by atoms with Crippen molar-refractivity contribution in [2.45, 2.75) is 31.8 Å². The van der Waals surface area contributed by atoms with Gasteiger partial charge in [0.15, 0.2) is 0 Å². The Kier molecular flexibility index (Phi) is 5.32. The fourth-order valence-corrected chi connectivity index (χ4v) is 2.75. The summed E-state index contributed by atoms with van der Waals surface area (Å²) in [5.41, 5.74) is 6.72. The minimum atomic E-state index is -0.0370. The molecule has 112 valence electrons. The van der Waals surface area contributed by atoms with E-state index in [1.165, 1.54) is 0 Å². The van der Waals surface area contributed by atoms with Gasteiger partial charge >= 0.3 is 0 Å². The standard InChI is InChI=1S/C16H22N4O/c1-13-11-14(18)7-9-19(13)12-16(21)20(10-8-17)15-5-3-2-4-6-15/h2-6,13-14H,7,9-12,18H2,1H3. The van der Waals surface area contributed by atoms with Crippen molar-refractivity contribution in [2.24, 2.45) is 5.73 Å². The summed E-state index contributed by atoms with van der Waals surface area (Å²) in [5, 5.41) is 8.97. The van der Waals surface area contributed by atoms with Crippen LogP contribution in [0.1, 0.15) is 19.8 Å². The lowest BCUT2D eigenvalue weighted by atomic mass is 9.99. The van der Waals surface area contributed by atoms with Crippen LogP contribution >= 0.6 is 0 Å². The van der Waals surface area contributed by atoms with E-state index in [1.54, 1.807) is 4.90 Å². The number of nitriles is 1. The second-order valence-electron chi connectivity index (χ2n) is 5.58. The number of anilines is 1. The Bertz CT molecular complexity index is 511. The number of nitrogens with two attached hydrogens (primary N) is 1. The molecule has 2 rings (SSSR count). The molecule has 0 bridgehead atoms. The first-order chi connectivity index (χ1) is 10.1. The summed E-state index contributed by atoms with van der Waals surface area (Å²) in [7, 11) is 0. The van der Waals surface area contributed by atoms with Gasteiger partial charge in [-0.3, -0.25) is 14.6 Å². The number of piperidine rings is 1. The molecule has 1 fully saturated rings. The molecule has 1 amide bonds. The average Bonchev–Trinajstić information content (AvgIpc) is 2.48. The van der Waals surface area contributed by atoms with Crippen LogP contribution in [0.4, 0.5) is 5.69 Å². The first kappa shape index (κ1) is 15.5. The quantitative estimate of drug-likeness (QED) is 0.848. The predicted octanol–water partition coefficient (Wildman–Crippen LogP) is 1.35. The number of rotatable bonds is 4. The van der Waals surface area contributed by atoms with Gasteiger partial charge in [-0.1, -0.05) is 18.2 Å². The van der Waals surface area contributed by atoms with E-state index >= 15 is 0 Å². The van der Waals surface area contributed by atoms with Crippen molar-refractivity contribution in [3.8, 4) is 6.07 Å². The molecule has 0 saturated carbocycles. The van der Waals surface area contributed by atoms with Crippen molar-refractivity contribution in [3.63, 3.8) is 0 Å². The van der Waals surface area contributed by atoms with Crippen LogP contribution in [0.5, 0.6) is 0 Å². The highest BCUT2D eigenvalue weighted by atomic mass is 16.2. The molecular weight excluding hydrogens is 264 g/mol. The third-order valence-corrected chi connectivity index (χ3v) is 3.99. The van der Waals surface area contributed by atoms with E-state index in [9.17, 15) is 4.79 Å². The van der Waals surface area contributed by atoms with Crippen LogP contribution in [0.2, 0.25) is 0 Å². The van der Waals surface area contributed by atoms with Crippen LogP contribution < -0.4 is 10.6 Å². The van der Waals surface area contributed by atoms with Gasteiger partial charge in [0.1, 0.15) is 6.54 Å². The van der Waals surface area contributed by atoms with Gasteiger partial charge in [-0.15, -0.1) is 0 Å². The molecule has 0 radical (unpaired) electrons. The molecule has 5 heteroatoms. The number of hydrogen-bond acceptors (Lipinski definition) is 4. The Hall–Kier alpha value is -1.90. The van der Waals surface area contributed by atoms with E-state index in [4.69, 9.17) is 11.0 Å². The van der Waals surface area contributed by atoms with E-state index < -0.39 is 0 Å². The molecule has 1 aliphatic heterocycles. The van der Waals surface area contributed by atoms with E-state index in [0.717, 1.165) is 25.1 Å². The zero-order chi connectivity index (χ0) is 15.2. The van der Waals surface area contributed by atoms with Gasteiger partial charge in [-0.2, -0.15) is 5.26 Å². The van der Waals surface area contributed by atoms with Gasteiger partial charge in [0.2, 0.25) is 5.91 Å². The third kappa shape index (κ3) is 4.03. The molecule has 2 unspecified atom stereocenters. The second-order valence-corrected chi connectivity index (χ2v) is 5.58. The van der Waals surface area contributed by atoms with E-state index in [0.29, 0.717) is 12.6 Å². The third-order valence-electron chi connectivity index (χ3n) is 3.99. The molecule has 1 heterocycles. The van der Waals surface area contributed by atoms with Crippen LogP contribution in [-0.4, -0.2) is 42.5 Å². The van der Waals surface area contributed by atoms with E-state index in [2.05, 4.69) is 17.9 Å². The average molecular weight is 286 g/mol. The number of amides is 1. The number of carbonyl (C=O) groups is 1. The maximum atomic E-state index is 12.5. The summed E-state index contributed by atoms with van der Waals surface area (Å²) >= 11 is 0. The highest BCUT2D eigenvalue weighted by molar-refractivity contribution is 5.95. The van der Waals surface area contributed by atoms with Crippen LogP contribution in [0.3, 0.4) is 0 Å². The fourth-order valence-electron chi connectivity index (χ4n) is 2.75. The fraction of sp³-hybridized carbons (Fsp3) is 0.500. The number of carbonyl (C=O) groups excluding carboxylic acids is 1. The molecule has 5 nitrogen and oxygen atoms in total. The minimum Gasteiger partial charge on any atom is -0.328 e. The van der Waals surface area contributed by atoms with Crippen molar-refractivity contribution in [1.29, 1.82) is 5.26 Å². The maximum Gasteiger partial charge on any atom is 0.242 e. The van der Waals surface area contributed by atoms with Crippen LogP contribution in [0.25, 0.3) is 0 Å². The Morgan fingerprint density at radius 1 is 1.48 bits per heavy atom. The Morgan fingerprint density at radius 3 is 2.81 bits per heavy atom. The van der Waals surface area contributed by atoms with Gasteiger partial charge in [0.05, 0.1) is 12.6 Å². The molecule has 21 heavy (non-hydrogen) atoms. The van der Waals surface area contributed by atoms with Crippen LogP contribution in [0.15, 0.2) is 30.3 Å². The topological polar surface area (TPSA) is 73.4 Å². The van der Waals surface area contributed by atoms with Gasteiger partial charge in [-0.05, 0) is 31.9 Å². The molecule has 1 saturated heterocycles. The summed E-state index contributed by atoms with van der Waals surface area (Å²) in [4.78, 5) is 16.2. The molecule has 1 aliphatic rings. The predicted molar refractivity (Wildman–Crippen MR) is 82.7 cm³/mol. The molecular formula is C16H22N4O. The first-order valence-corrected chi connectivity index (χ1v) is 7.34. The summed E-state index contributed by atoms with van der Waals surface area (Å²) < 4.78 is 0. The summed E-state index contributed by atoms with van der Waals surface area (Å²) in [6, 6.07) is 11.9. The summed E-state index contributed by atoms with van der Waals surface area (Å²) in [6.45, 7) is 3.35. The van der Waals surface area contributed by atoms with Crippen LogP contribution in [-0.2, 0) is 4.79 Å². The summed E-state index contributed by atoms with van der Waals surface area (Å²) in [5.74, 6) is -0.0370. The minimum absolute atomic E-state index is 0.0370. The smallest absolute Gasteiger partial charge is 0.242 e. The highest BCUT2D eigenvalue weighted by Gasteiger charge is 2.26. The van der Waals surface area contributed by atoms with Gasteiger partial charge in [0.25, 0.3) is 0 Å². The molecule has 0 aromatic heterocycles. The second kappa shape index (κ2) is 7.21. The number of likely N-dealkylation sites (tertiary alicyclic amines) is 1. The van der Waals surface area contributed by atoms with Crippen molar-refractivity contribution < 1.29 is 4.79 Å². The maximum absolute atomic E-state index is 12.5. The number of para-hydroxylation sites is 1. The molecule has 0 spiro atoms. The number of nitrogens with zero attached hydrogens (tertiary/aromatic N) is 3. The first-order valence-electron chi connectivity index (χ1n) is 7.34. The van der Waals surface area contributed by atoms with Crippen LogP contribution in [0, 0.1) is 11.3 Å². The van der Waals surface area contributed by atoms with Crippen molar-refractivity contribution in [2.75, 3.05) is 24.5 Å². The number of hydrogen-bond donors (Lipinski definition) is 1. The monoisotopic (exact) mass is 286 g/mol. The van der Waals surface area contributed by atoms with Gasteiger partial charge in [-0.25, -0.2) is 0 Å². The molecule has 2 atom stereocenters. The lowest BCUT2D eigenvalue weighted by Crippen LogP contribution is -2.50.